The van der Waals surface area contributed by atoms with Crippen molar-refractivity contribution in [2.45, 2.75) is 25.2 Å². The highest BCUT2D eigenvalue weighted by Gasteiger charge is 2.34. The average molecular weight is 252 g/mol. The molecule has 18 heavy (non-hydrogen) atoms. The van der Waals surface area contributed by atoms with Crippen molar-refractivity contribution in [1.29, 1.82) is 0 Å². The number of rotatable bonds is 4. The lowest BCUT2D eigenvalue weighted by molar-refractivity contribution is -0.00461. The van der Waals surface area contributed by atoms with Gasteiger partial charge in [-0.25, -0.2) is 4.98 Å². The van der Waals surface area contributed by atoms with Crippen LogP contribution in [-0.2, 0) is 9.47 Å². The van der Waals surface area contributed by atoms with Crippen LogP contribution in [0.25, 0.3) is 0 Å². The Bertz CT molecular complexity index is 386. The van der Waals surface area contributed by atoms with Crippen LogP contribution in [0.4, 0.5) is 5.82 Å². The summed E-state index contributed by atoms with van der Waals surface area (Å²) in [6, 6.07) is 3.73. The van der Waals surface area contributed by atoms with Crippen LogP contribution in [-0.4, -0.2) is 49.6 Å². The first-order valence-electron chi connectivity index (χ1n) is 6.11. The Morgan fingerprint density at radius 3 is 2.44 bits per heavy atom. The lowest BCUT2D eigenvalue weighted by Gasteiger charge is -2.21. The summed E-state index contributed by atoms with van der Waals surface area (Å²) in [5.41, 5.74) is 0.837. The monoisotopic (exact) mass is 252 g/mol. The Balaban J connectivity index is 2.23. The molecule has 1 aliphatic rings. The summed E-state index contributed by atoms with van der Waals surface area (Å²) in [6.45, 7) is 3.20. The van der Waals surface area contributed by atoms with Gasteiger partial charge in [0, 0.05) is 39.1 Å². The summed E-state index contributed by atoms with van der Waals surface area (Å²) < 4.78 is 10.8. The SMILES string of the molecule is COC1CN(c2ncccc2[C@H](C)O)CC1OC. The van der Waals surface area contributed by atoms with Crippen LogP contribution in [0.3, 0.4) is 0 Å². The van der Waals surface area contributed by atoms with Crippen molar-refractivity contribution in [3.05, 3.63) is 23.9 Å². The molecular weight excluding hydrogens is 232 g/mol. The van der Waals surface area contributed by atoms with Crippen LogP contribution < -0.4 is 4.90 Å². The Kier molecular flexibility index (Phi) is 4.16. The number of aliphatic hydroxyl groups excluding tert-OH is 1. The van der Waals surface area contributed by atoms with Gasteiger partial charge in [0.2, 0.25) is 0 Å². The highest BCUT2D eigenvalue weighted by atomic mass is 16.5. The van der Waals surface area contributed by atoms with E-state index in [0.29, 0.717) is 0 Å². The standard InChI is InChI=1S/C13H20N2O3/c1-9(16)10-5-4-6-14-13(10)15-7-11(17-2)12(8-15)18-3/h4-6,9,11-12,16H,7-8H2,1-3H3/t9-,11?,12?/m0/s1. The van der Waals surface area contributed by atoms with Crippen LogP contribution in [0.15, 0.2) is 18.3 Å². The molecule has 1 fully saturated rings. The van der Waals surface area contributed by atoms with Crippen molar-refractivity contribution in [3.63, 3.8) is 0 Å². The van der Waals surface area contributed by atoms with E-state index in [1.807, 2.05) is 12.1 Å². The van der Waals surface area contributed by atoms with E-state index in [0.717, 1.165) is 24.5 Å². The number of hydrogen-bond acceptors (Lipinski definition) is 5. The van der Waals surface area contributed by atoms with Crippen molar-refractivity contribution < 1.29 is 14.6 Å². The topological polar surface area (TPSA) is 54.8 Å². The summed E-state index contributed by atoms with van der Waals surface area (Å²) in [5, 5.41) is 9.78. The van der Waals surface area contributed by atoms with Gasteiger partial charge >= 0.3 is 0 Å². The van der Waals surface area contributed by atoms with Crippen molar-refractivity contribution in [2.24, 2.45) is 0 Å². The lowest BCUT2D eigenvalue weighted by Crippen LogP contribution is -2.27. The second-order valence-corrected chi connectivity index (χ2v) is 4.55. The number of methoxy groups -OCH3 is 2. The quantitative estimate of drug-likeness (QED) is 0.866. The number of aliphatic hydroxyl groups is 1. The van der Waals surface area contributed by atoms with Gasteiger partial charge in [-0.3, -0.25) is 0 Å². The van der Waals surface area contributed by atoms with Gasteiger partial charge in [0.1, 0.15) is 18.0 Å². The maximum Gasteiger partial charge on any atom is 0.134 e. The molecule has 3 atom stereocenters. The zero-order valence-electron chi connectivity index (χ0n) is 11.0. The summed E-state index contributed by atoms with van der Waals surface area (Å²) >= 11 is 0. The molecule has 0 saturated carbocycles. The molecule has 1 aromatic rings. The molecule has 5 nitrogen and oxygen atoms in total. The highest BCUT2D eigenvalue weighted by Crippen LogP contribution is 2.28. The fraction of sp³-hybridized carbons (Fsp3) is 0.615. The maximum absolute atomic E-state index is 9.78. The molecule has 1 saturated heterocycles. The second-order valence-electron chi connectivity index (χ2n) is 4.55. The normalized spacial score (nSPS) is 25.4. The van der Waals surface area contributed by atoms with Crippen molar-refractivity contribution in [2.75, 3.05) is 32.2 Å². The zero-order valence-corrected chi connectivity index (χ0v) is 11.0. The first kappa shape index (κ1) is 13.3. The predicted molar refractivity (Wildman–Crippen MR) is 68.7 cm³/mol. The average Bonchev–Trinajstić information content (AvgIpc) is 2.81. The largest absolute Gasteiger partial charge is 0.389 e. The van der Waals surface area contributed by atoms with E-state index in [-0.39, 0.29) is 12.2 Å². The number of aromatic nitrogens is 1. The van der Waals surface area contributed by atoms with E-state index in [2.05, 4.69) is 9.88 Å². The number of ether oxygens (including phenoxy) is 2. The van der Waals surface area contributed by atoms with Crippen molar-refractivity contribution in [1.82, 2.24) is 4.98 Å². The van der Waals surface area contributed by atoms with Crippen molar-refractivity contribution in [3.8, 4) is 0 Å². The van der Waals surface area contributed by atoms with Gasteiger partial charge in [-0.1, -0.05) is 6.07 Å². The van der Waals surface area contributed by atoms with E-state index in [1.54, 1.807) is 27.3 Å². The van der Waals surface area contributed by atoms with Gasteiger partial charge in [0.05, 0.1) is 6.10 Å². The summed E-state index contributed by atoms with van der Waals surface area (Å²) in [7, 11) is 3.38. The number of pyridine rings is 1. The number of hydrogen-bond donors (Lipinski definition) is 1. The van der Waals surface area contributed by atoms with E-state index in [1.165, 1.54) is 0 Å². The van der Waals surface area contributed by atoms with Gasteiger partial charge in [-0.15, -0.1) is 0 Å². The first-order chi connectivity index (χ1) is 8.67. The van der Waals surface area contributed by atoms with Crippen LogP contribution in [0.5, 0.6) is 0 Å². The molecule has 2 heterocycles. The third-order valence-electron chi connectivity index (χ3n) is 3.39. The Labute approximate surface area is 107 Å². The molecule has 0 radical (unpaired) electrons. The Morgan fingerprint density at radius 2 is 1.94 bits per heavy atom. The summed E-state index contributed by atoms with van der Waals surface area (Å²) in [6.07, 6.45) is 1.29. The molecule has 1 aliphatic heterocycles. The van der Waals surface area contributed by atoms with Gasteiger partial charge in [-0.2, -0.15) is 0 Å². The summed E-state index contributed by atoms with van der Waals surface area (Å²) in [4.78, 5) is 6.48. The molecule has 1 aromatic heterocycles. The molecule has 2 rings (SSSR count). The maximum atomic E-state index is 9.78. The smallest absolute Gasteiger partial charge is 0.134 e. The second kappa shape index (κ2) is 5.65. The molecule has 0 aliphatic carbocycles. The predicted octanol–water partition coefficient (Wildman–Crippen LogP) is 0.985. The molecule has 0 aromatic carbocycles. The Hall–Kier alpha value is -1.17. The number of nitrogens with zero attached hydrogens (tertiary/aromatic N) is 2. The van der Waals surface area contributed by atoms with Crippen LogP contribution in [0.1, 0.15) is 18.6 Å². The summed E-state index contributed by atoms with van der Waals surface area (Å²) in [5.74, 6) is 0.814. The first-order valence-corrected chi connectivity index (χ1v) is 6.11. The molecule has 100 valence electrons. The van der Waals surface area contributed by atoms with E-state index >= 15 is 0 Å². The lowest BCUT2D eigenvalue weighted by atomic mass is 10.1. The fourth-order valence-corrected chi connectivity index (χ4v) is 2.37. The number of anilines is 1. The molecular formula is C13H20N2O3. The van der Waals surface area contributed by atoms with Crippen LogP contribution in [0, 0.1) is 0 Å². The Morgan fingerprint density at radius 1 is 1.33 bits per heavy atom. The van der Waals surface area contributed by atoms with Gasteiger partial charge < -0.3 is 19.5 Å². The van der Waals surface area contributed by atoms with Crippen LogP contribution >= 0.6 is 0 Å². The van der Waals surface area contributed by atoms with Gasteiger partial charge in [-0.05, 0) is 13.0 Å². The minimum absolute atomic E-state index is 0.0406. The molecule has 5 heteroatoms. The van der Waals surface area contributed by atoms with Crippen molar-refractivity contribution >= 4 is 5.82 Å². The third kappa shape index (κ3) is 2.48. The fourth-order valence-electron chi connectivity index (χ4n) is 2.37. The molecule has 0 amide bonds. The van der Waals surface area contributed by atoms with Gasteiger partial charge in [0.15, 0.2) is 0 Å². The minimum atomic E-state index is -0.531. The van der Waals surface area contributed by atoms with Crippen LogP contribution in [0.2, 0.25) is 0 Å². The van der Waals surface area contributed by atoms with Gasteiger partial charge in [0.25, 0.3) is 0 Å². The van der Waals surface area contributed by atoms with E-state index in [4.69, 9.17) is 9.47 Å². The highest BCUT2D eigenvalue weighted by molar-refractivity contribution is 5.49. The molecule has 0 bridgehead atoms. The zero-order chi connectivity index (χ0) is 13.1. The molecule has 2 unspecified atom stereocenters. The minimum Gasteiger partial charge on any atom is -0.389 e. The van der Waals surface area contributed by atoms with E-state index < -0.39 is 6.10 Å². The molecule has 0 spiro atoms. The van der Waals surface area contributed by atoms with E-state index in [9.17, 15) is 5.11 Å². The molecule has 1 N–H and O–H groups in total. The third-order valence-corrected chi connectivity index (χ3v) is 3.39.